The molecule has 0 aliphatic rings. The van der Waals surface area contributed by atoms with Crippen LogP contribution in [0.3, 0.4) is 0 Å². The normalized spacial score (nSPS) is 13.7. The molecule has 0 spiro atoms. The molecule has 0 heterocycles. The molecule has 0 radical (unpaired) electrons. The van der Waals surface area contributed by atoms with Crippen molar-refractivity contribution in [2.24, 2.45) is 0 Å². The zero-order chi connectivity index (χ0) is 13.8. The number of halogens is 1. The Hall–Kier alpha value is -0.930. The van der Waals surface area contributed by atoms with Gasteiger partial charge < -0.3 is 10.1 Å². The Kier molecular flexibility index (Phi) is 5.29. The summed E-state index contributed by atoms with van der Waals surface area (Å²) in [6.07, 6.45) is 1.81. The Bertz CT molecular complexity index is 380. The molecule has 1 atom stereocenters. The smallest absolute Gasteiger partial charge is 0.126 e. The number of methoxy groups -OCH3 is 1. The summed E-state index contributed by atoms with van der Waals surface area (Å²) in [5.74, 6) is -0.162. The molecule has 0 aliphatic heterocycles. The van der Waals surface area contributed by atoms with Crippen molar-refractivity contribution in [2.75, 3.05) is 14.2 Å². The second kappa shape index (κ2) is 6.30. The van der Waals surface area contributed by atoms with E-state index >= 15 is 0 Å². The fourth-order valence-electron chi connectivity index (χ4n) is 2.65. The van der Waals surface area contributed by atoms with Gasteiger partial charge in [0.15, 0.2) is 0 Å². The maximum atomic E-state index is 13.4. The van der Waals surface area contributed by atoms with Gasteiger partial charge in [0.05, 0.1) is 11.6 Å². The monoisotopic (exact) mass is 253 g/mol. The van der Waals surface area contributed by atoms with Crippen molar-refractivity contribution in [3.05, 3.63) is 35.1 Å². The van der Waals surface area contributed by atoms with E-state index in [1.165, 1.54) is 6.07 Å². The van der Waals surface area contributed by atoms with Crippen LogP contribution in [0.5, 0.6) is 0 Å². The number of benzene rings is 1. The molecular formula is C15H24FNO. The third kappa shape index (κ3) is 2.73. The molecule has 1 aromatic rings. The van der Waals surface area contributed by atoms with Crippen molar-refractivity contribution < 1.29 is 9.13 Å². The van der Waals surface area contributed by atoms with E-state index in [2.05, 4.69) is 19.2 Å². The molecule has 1 aromatic carbocycles. The Labute approximate surface area is 110 Å². The Morgan fingerprint density at radius 2 is 1.94 bits per heavy atom. The van der Waals surface area contributed by atoms with Gasteiger partial charge in [0.25, 0.3) is 0 Å². The minimum atomic E-state index is -0.251. The molecular weight excluding hydrogens is 229 g/mol. The van der Waals surface area contributed by atoms with Crippen molar-refractivity contribution in [1.82, 2.24) is 5.32 Å². The average Bonchev–Trinajstić information content (AvgIpc) is 2.40. The average molecular weight is 253 g/mol. The number of likely N-dealkylation sites (N-methyl/N-ethyl adjacent to an activating group) is 1. The highest BCUT2D eigenvalue weighted by atomic mass is 19.1. The zero-order valence-corrected chi connectivity index (χ0v) is 12.0. The van der Waals surface area contributed by atoms with E-state index in [4.69, 9.17) is 4.74 Å². The number of ether oxygens (including phenoxy) is 1. The first kappa shape index (κ1) is 15.1. The van der Waals surface area contributed by atoms with Crippen LogP contribution in [-0.2, 0) is 4.74 Å². The zero-order valence-electron chi connectivity index (χ0n) is 12.0. The standard InChI is InChI=1S/C15H24FNO/c1-6-15(7-2,18-5)14(17-4)12-8-9-13(16)11(3)10-12/h8-10,14,17H,6-7H2,1-5H3. The third-order valence-corrected chi connectivity index (χ3v) is 3.93. The number of rotatable bonds is 6. The minimum absolute atomic E-state index is 0.0665. The lowest BCUT2D eigenvalue weighted by atomic mass is 9.83. The van der Waals surface area contributed by atoms with Gasteiger partial charge in [-0.2, -0.15) is 0 Å². The highest BCUT2D eigenvalue weighted by molar-refractivity contribution is 5.28. The van der Waals surface area contributed by atoms with Gasteiger partial charge in [0.2, 0.25) is 0 Å². The van der Waals surface area contributed by atoms with Crippen LogP contribution in [0.1, 0.15) is 43.9 Å². The van der Waals surface area contributed by atoms with Gasteiger partial charge in [0.1, 0.15) is 5.82 Å². The third-order valence-electron chi connectivity index (χ3n) is 3.93. The van der Waals surface area contributed by atoms with E-state index in [0.717, 1.165) is 18.4 Å². The molecule has 0 fully saturated rings. The Morgan fingerprint density at radius 3 is 2.33 bits per heavy atom. The molecule has 1 N–H and O–H groups in total. The van der Waals surface area contributed by atoms with E-state index in [9.17, 15) is 4.39 Å². The lowest BCUT2D eigenvalue weighted by Crippen LogP contribution is -2.43. The highest BCUT2D eigenvalue weighted by Crippen LogP contribution is 2.35. The van der Waals surface area contributed by atoms with Crippen LogP contribution in [0.15, 0.2) is 18.2 Å². The fraction of sp³-hybridized carbons (Fsp3) is 0.600. The first-order chi connectivity index (χ1) is 8.54. The maximum Gasteiger partial charge on any atom is 0.126 e. The molecule has 1 unspecified atom stereocenters. The summed E-state index contributed by atoms with van der Waals surface area (Å²) < 4.78 is 19.1. The van der Waals surface area contributed by atoms with Gasteiger partial charge >= 0.3 is 0 Å². The minimum Gasteiger partial charge on any atom is -0.376 e. The van der Waals surface area contributed by atoms with Crippen molar-refractivity contribution in [1.29, 1.82) is 0 Å². The first-order valence-electron chi connectivity index (χ1n) is 6.53. The van der Waals surface area contributed by atoms with Gasteiger partial charge in [-0.1, -0.05) is 26.0 Å². The number of hydrogen-bond acceptors (Lipinski definition) is 2. The summed E-state index contributed by atoms with van der Waals surface area (Å²) in [6, 6.07) is 5.33. The van der Waals surface area contributed by atoms with Crippen LogP contribution in [0, 0.1) is 12.7 Å². The van der Waals surface area contributed by atoms with Crippen LogP contribution >= 0.6 is 0 Å². The van der Waals surface area contributed by atoms with Gasteiger partial charge in [-0.15, -0.1) is 0 Å². The van der Waals surface area contributed by atoms with E-state index in [1.807, 2.05) is 19.2 Å². The van der Waals surface area contributed by atoms with E-state index in [1.54, 1.807) is 14.0 Å². The molecule has 2 nitrogen and oxygen atoms in total. The summed E-state index contributed by atoms with van der Waals surface area (Å²) >= 11 is 0. The molecule has 0 bridgehead atoms. The van der Waals surface area contributed by atoms with Crippen molar-refractivity contribution in [2.45, 2.75) is 45.3 Å². The quantitative estimate of drug-likeness (QED) is 0.836. The van der Waals surface area contributed by atoms with Crippen molar-refractivity contribution in [3.63, 3.8) is 0 Å². The molecule has 0 saturated carbocycles. The molecule has 102 valence electrons. The van der Waals surface area contributed by atoms with Crippen LogP contribution < -0.4 is 5.32 Å². The van der Waals surface area contributed by atoms with Gasteiger partial charge in [0, 0.05) is 7.11 Å². The summed E-state index contributed by atoms with van der Waals surface area (Å²) in [5, 5.41) is 3.31. The highest BCUT2D eigenvalue weighted by Gasteiger charge is 2.36. The van der Waals surface area contributed by atoms with Crippen LogP contribution in [0.25, 0.3) is 0 Å². The predicted molar refractivity (Wildman–Crippen MR) is 73.3 cm³/mol. The van der Waals surface area contributed by atoms with Gasteiger partial charge in [-0.25, -0.2) is 4.39 Å². The molecule has 0 saturated heterocycles. The number of hydrogen-bond donors (Lipinski definition) is 1. The van der Waals surface area contributed by atoms with E-state index in [-0.39, 0.29) is 17.5 Å². The second-order valence-electron chi connectivity index (χ2n) is 4.71. The Morgan fingerprint density at radius 1 is 1.33 bits per heavy atom. The fourth-order valence-corrected chi connectivity index (χ4v) is 2.65. The Balaban J connectivity index is 3.19. The van der Waals surface area contributed by atoms with Crippen molar-refractivity contribution in [3.8, 4) is 0 Å². The van der Waals surface area contributed by atoms with Crippen LogP contribution in [0.4, 0.5) is 4.39 Å². The largest absolute Gasteiger partial charge is 0.376 e. The van der Waals surface area contributed by atoms with Gasteiger partial charge in [-0.3, -0.25) is 0 Å². The molecule has 0 amide bonds. The first-order valence-corrected chi connectivity index (χ1v) is 6.53. The van der Waals surface area contributed by atoms with Crippen LogP contribution in [0.2, 0.25) is 0 Å². The number of nitrogens with one attached hydrogen (secondary N) is 1. The summed E-state index contributed by atoms with van der Waals surface area (Å²) in [4.78, 5) is 0. The molecule has 3 heteroatoms. The van der Waals surface area contributed by atoms with E-state index < -0.39 is 0 Å². The van der Waals surface area contributed by atoms with Gasteiger partial charge in [-0.05, 0) is 44.0 Å². The van der Waals surface area contributed by atoms with Crippen LogP contribution in [-0.4, -0.2) is 19.8 Å². The summed E-state index contributed by atoms with van der Waals surface area (Å²) in [5.41, 5.74) is 1.49. The summed E-state index contributed by atoms with van der Waals surface area (Å²) in [7, 11) is 3.66. The lowest BCUT2D eigenvalue weighted by Gasteiger charge is -2.38. The SMILES string of the molecule is CCC(CC)(OC)C(NC)c1ccc(F)c(C)c1. The van der Waals surface area contributed by atoms with E-state index in [0.29, 0.717) is 5.56 Å². The topological polar surface area (TPSA) is 21.3 Å². The maximum absolute atomic E-state index is 13.4. The predicted octanol–water partition coefficient (Wildman–Crippen LogP) is 3.60. The molecule has 0 aliphatic carbocycles. The summed E-state index contributed by atoms with van der Waals surface area (Å²) in [6.45, 7) is 6.03. The molecule has 0 aromatic heterocycles. The molecule has 1 rings (SSSR count). The second-order valence-corrected chi connectivity index (χ2v) is 4.71. The number of aryl methyl sites for hydroxylation is 1. The lowest BCUT2D eigenvalue weighted by molar-refractivity contribution is -0.0468. The molecule has 18 heavy (non-hydrogen) atoms. The van der Waals surface area contributed by atoms with Crippen molar-refractivity contribution >= 4 is 0 Å².